The van der Waals surface area contributed by atoms with E-state index in [4.69, 9.17) is 8.85 Å². The van der Waals surface area contributed by atoms with Crippen LogP contribution in [0.1, 0.15) is 23.7 Å². The number of hydrogen-bond acceptors (Lipinski definition) is 8. The second kappa shape index (κ2) is 9.95. The molecule has 12 heteroatoms. The molecule has 0 radical (unpaired) electrons. The predicted octanol–water partition coefficient (Wildman–Crippen LogP) is 1.96. The maximum Gasteiger partial charge on any atom is 0.326 e. The van der Waals surface area contributed by atoms with Crippen molar-refractivity contribution in [1.29, 1.82) is 0 Å². The summed E-state index contributed by atoms with van der Waals surface area (Å²) in [5.74, 6) is 0.00997. The smallest absolute Gasteiger partial charge is 0.326 e. The molecule has 0 aliphatic carbocycles. The van der Waals surface area contributed by atoms with Crippen molar-refractivity contribution in [3.63, 3.8) is 0 Å². The number of aryl methyl sites for hydroxylation is 1. The molecule has 12 nitrogen and oxygen atoms in total. The molecule has 2 aromatic heterocycles. The summed E-state index contributed by atoms with van der Waals surface area (Å²) >= 11 is 0. The Morgan fingerprint density at radius 3 is 2.74 bits per heavy atom. The van der Waals surface area contributed by atoms with Crippen LogP contribution in [0.2, 0.25) is 0 Å². The highest BCUT2D eigenvalue weighted by Gasteiger charge is 2.32. The highest BCUT2D eigenvalue weighted by Crippen LogP contribution is 2.38. The Morgan fingerprint density at radius 2 is 2.09 bits per heavy atom. The second-order valence-electron chi connectivity index (χ2n) is 8.24. The summed E-state index contributed by atoms with van der Waals surface area (Å²) in [5.41, 5.74) is 2.35. The Labute approximate surface area is 207 Å². The van der Waals surface area contributed by atoms with Crippen molar-refractivity contribution in [2.45, 2.75) is 26.3 Å². The number of amides is 3. The van der Waals surface area contributed by atoms with Gasteiger partial charge in [0, 0.05) is 48.9 Å². The first-order valence-corrected chi connectivity index (χ1v) is 11.0. The Kier molecular flexibility index (Phi) is 5.74. The van der Waals surface area contributed by atoms with Gasteiger partial charge >= 0.3 is 6.03 Å². The summed E-state index contributed by atoms with van der Waals surface area (Å²) in [4.78, 5) is 30.0. The number of urea groups is 1. The van der Waals surface area contributed by atoms with Gasteiger partial charge in [0.25, 0.3) is 0 Å². The van der Waals surface area contributed by atoms with E-state index in [1.807, 2.05) is 25.2 Å². The molecule has 0 unspecified atom stereocenters. The number of anilines is 3. The highest BCUT2D eigenvalue weighted by atomic mass is 16.5. The topological polar surface area (TPSA) is 130 Å². The van der Waals surface area contributed by atoms with Crippen LogP contribution < -0.4 is 20.3 Å². The first kappa shape index (κ1) is 20.2. The van der Waals surface area contributed by atoms with Gasteiger partial charge in [-0.2, -0.15) is 20.1 Å². The minimum Gasteiger partial charge on any atom is -0.494 e. The summed E-state index contributed by atoms with van der Waals surface area (Å²) < 4.78 is 27.6. The third-order valence-corrected chi connectivity index (χ3v) is 5.63. The summed E-state index contributed by atoms with van der Waals surface area (Å²) in [7, 11) is 3.23. The van der Waals surface area contributed by atoms with E-state index in [2.05, 4.69) is 25.7 Å². The van der Waals surface area contributed by atoms with Gasteiger partial charge < -0.3 is 20.3 Å². The zero-order chi connectivity index (χ0) is 27.6. The van der Waals surface area contributed by atoms with Crippen molar-refractivity contribution in [3.8, 4) is 17.0 Å². The fourth-order valence-electron chi connectivity index (χ4n) is 3.89. The van der Waals surface area contributed by atoms with Gasteiger partial charge in [-0.1, -0.05) is 6.07 Å². The number of benzene rings is 1. The van der Waals surface area contributed by atoms with E-state index in [0.717, 1.165) is 0 Å². The van der Waals surface area contributed by atoms with Crippen LogP contribution in [0.25, 0.3) is 11.3 Å². The summed E-state index contributed by atoms with van der Waals surface area (Å²) in [6.45, 7) is 2.19. The number of nitrogens with one attached hydrogen (secondary N) is 2. The van der Waals surface area contributed by atoms with Gasteiger partial charge in [0.2, 0.25) is 5.91 Å². The van der Waals surface area contributed by atoms with Gasteiger partial charge in [-0.05, 0) is 26.0 Å². The van der Waals surface area contributed by atoms with Crippen LogP contribution in [0.15, 0.2) is 30.5 Å². The molecule has 4 rings (SSSR count). The number of hydrogen-bond donors (Lipinski definition) is 2. The first-order valence-electron chi connectivity index (χ1n) is 12.5. The largest absolute Gasteiger partial charge is 0.494 e. The van der Waals surface area contributed by atoms with E-state index in [-0.39, 0.29) is 24.2 Å². The van der Waals surface area contributed by atoms with Gasteiger partial charge in [-0.25, -0.2) is 4.79 Å². The fourth-order valence-corrected chi connectivity index (χ4v) is 3.89. The van der Waals surface area contributed by atoms with Crippen LogP contribution in [0.5, 0.6) is 5.75 Å². The third-order valence-electron chi connectivity index (χ3n) is 5.63. The summed E-state index contributed by atoms with van der Waals surface area (Å²) in [6.07, 6.45) is 1.25. The van der Waals surface area contributed by atoms with E-state index in [1.165, 1.54) is 16.8 Å². The number of aromatic nitrogens is 5. The average molecular weight is 483 g/mol. The quantitative estimate of drug-likeness (QED) is 0.498. The van der Waals surface area contributed by atoms with Crippen molar-refractivity contribution in [1.82, 2.24) is 35.4 Å². The molecule has 1 aliphatic rings. The maximum atomic E-state index is 12.9. The van der Waals surface area contributed by atoms with E-state index in [0.29, 0.717) is 47.3 Å². The molecule has 1 fully saturated rings. The monoisotopic (exact) mass is 482 g/mol. The molecule has 0 atom stereocenters. The molecule has 0 bridgehead atoms. The number of likely N-dealkylation sites (N-methyl/N-ethyl adjacent to an activating group) is 1. The van der Waals surface area contributed by atoms with Gasteiger partial charge in [0.1, 0.15) is 5.69 Å². The normalized spacial score (nSPS) is 15.1. The van der Waals surface area contributed by atoms with Crippen molar-refractivity contribution in [2.75, 3.05) is 37.4 Å². The third kappa shape index (κ3) is 4.86. The number of para-hydroxylation sites is 1. The molecule has 0 saturated carbocycles. The van der Waals surface area contributed by atoms with Crippen molar-refractivity contribution in [3.05, 3.63) is 36.2 Å². The highest BCUT2D eigenvalue weighted by molar-refractivity contribution is 5.94. The SMILES string of the molecule is [2H]C([2H])([2H])NC(=O)Cc1nnc(N2CCN(C(C)C)C2=O)cc1Nc1cccc(-c2cnn(C)n2)c1OC. The minimum absolute atomic E-state index is 0.0222. The van der Waals surface area contributed by atoms with E-state index >= 15 is 0 Å². The molecular formula is C23H29N9O3. The van der Waals surface area contributed by atoms with Crippen LogP contribution in [0.4, 0.5) is 22.0 Å². The molecule has 184 valence electrons. The molecule has 1 aliphatic heterocycles. The lowest BCUT2D eigenvalue weighted by molar-refractivity contribution is -0.120. The lowest BCUT2D eigenvalue weighted by Gasteiger charge is -2.22. The molecule has 1 aromatic carbocycles. The maximum absolute atomic E-state index is 12.9. The van der Waals surface area contributed by atoms with E-state index in [9.17, 15) is 9.59 Å². The van der Waals surface area contributed by atoms with Gasteiger partial charge in [0.15, 0.2) is 11.6 Å². The van der Waals surface area contributed by atoms with E-state index in [1.54, 1.807) is 36.3 Å². The molecule has 3 amide bonds. The Bertz CT molecular complexity index is 1340. The molecular weight excluding hydrogens is 450 g/mol. The molecule has 0 spiro atoms. The lowest BCUT2D eigenvalue weighted by atomic mass is 10.1. The number of nitrogens with zero attached hydrogens (tertiary/aromatic N) is 7. The first-order chi connectivity index (χ1) is 18.0. The number of ether oxygens (including phenoxy) is 1. The Hall–Kier alpha value is -4.22. The van der Waals surface area contributed by atoms with Gasteiger partial charge in [0.05, 0.1) is 36.8 Å². The average Bonchev–Trinajstić information content (AvgIpc) is 3.44. The molecule has 3 heterocycles. The second-order valence-corrected chi connectivity index (χ2v) is 8.24. The zero-order valence-electron chi connectivity index (χ0n) is 22.9. The Morgan fingerprint density at radius 1 is 1.26 bits per heavy atom. The van der Waals surface area contributed by atoms with Crippen LogP contribution in [-0.4, -0.2) is 75.2 Å². The van der Waals surface area contributed by atoms with Gasteiger partial charge in [-0.15, -0.1) is 5.10 Å². The zero-order valence-corrected chi connectivity index (χ0v) is 19.9. The number of carbonyl (C=O) groups is 2. The van der Waals surface area contributed by atoms with Crippen LogP contribution in [0.3, 0.4) is 0 Å². The number of rotatable bonds is 8. The summed E-state index contributed by atoms with van der Waals surface area (Å²) in [6, 6.07) is 6.84. The summed E-state index contributed by atoms with van der Waals surface area (Å²) in [5, 5.41) is 22.0. The van der Waals surface area contributed by atoms with Crippen molar-refractivity contribution in [2.24, 2.45) is 7.05 Å². The molecule has 2 N–H and O–H groups in total. The molecule has 3 aromatic rings. The number of carbonyl (C=O) groups excluding carboxylic acids is 2. The fraction of sp³-hybridized carbons (Fsp3) is 0.391. The lowest BCUT2D eigenvalue weighted by Crippen LogP contribution is -2.36. The molecule has 35 heavy (non-hydrogen) atoms. The van der Waals surface area contributed by atoms with Crippen molar-refractivity contribution < 1.29 is 18.4 Å². The van der Waals surface area contributed by atoms with Crippen LogP contribution >= 0.6 is 0 Å². The van der Waals surface area contributed by atoms with Crippen LogP contribution in [0, 0.1) is 0 Å². The van der Waals surface area contributed by atoms with Gasteiger partial charge in [-0.3, -0.25) is 9.69 Å². The molecule has 1 saturated heterocycles. The minimum atomic E-state index is -2.64. The Balaban J connectivity index is 1.73. The van der Waals surface area contributed by atoms with E-state index < -0.39 is 12.9 Å². The predicted molar refractivity (Wildman–Crippen MR) is 131 cm³/mol. The van der Waals surface area contributed by atoms with Crippen LogP contribution in [-0.2, 0) is 18.3 Å². The number of methoxy groups -OCH3 is 1. The standard InChI is InChI=1S/C23H29N9O3/c1-14(2)31-9-10-32(23(31)34)20-11-17(18(27-28-20)12-21(33)24-3)26-16-8-6-7-15(22(16)35-5)19-13-25-30(4)29-19/h6-8,11,13-14H,9-10,12H2,1-5H3,(H,24,33)(H,26,28)/i3D3. The van der Waals surface area contributed by atoms with Crippen molar-refractivity contribution >= 4 is 29.1 Å².